The van der Waals surface area contributed by atoms with Gasteiger partial charge < -0.3 is 10.6 Å². The van der Waals surface area contributed by atoms with Crippen molar-refractivity contribution in [3.05, 3.63) is 105 Å². The molecule has 1 unspecified atom stereocenters. The number of fused-ring (bicyclic) bond motifs is 1. The number of carbonyl (C=O) groups excluding carboxylic acids is 1. The molecule has 0 bridgehead atoms. The molecule has 0 saturated heterocycles. The summed E-state index contributed by atoms with van der Waals surface area (Å²) in [6.45, 7) is 1.87. The van der Waals surface area contributed by atoms with Gasteiger partial charge in [0.05, 0.1) is 17.5 Å². The highest BCUT2D eigenvalue weighted by atomic mass is 79.9. The van der Waals surface area contributed by atoms with E-state index in [1.807, 2.05) is 55.5 Å². The van der Waals surface area contributed by atoms with E-state index in [0.29, 0.717) is 38.8 Å². The molecule has 1 aliphatic heterocycles. The second-order valence-electron chi connectivity index (χ2n) is 7.86. The molecule has 1 aliphatic rings. The molecule has 35 heavy (non-hydrogen) atoms. The highest BCUT2D eigenvalue weighted by molar-refractivity contribution is 9.10. The van der Waals surface area contributed by atoms with E-state index in [1.165, 1.54) is 11.8 Å². The molecular weight excluding hydrogens is 548 g/mol. The van der Waals surface area contributed by atoms with E-state index in [2.05, 4.69) is 31.5 Å². The van der Waals surface area contributed by atoms with Crippen LogP contribution in [0.4, 0.5) is 11.6 Å². The summed E-state index contributed by atoms with van der Waals surface area (Å²) >= 11 is 11.4. The Kier molecular flexibility index (Phi) is 6.90. The predicted molar refractivity (Wildman–Crippen MR) is 143 cm³/mol. The predicted octanol–water partition coefficient (Wildman–Crippen LogP) is 6.31. The van der Waals surface area contributed by atoms with E-state index >= 15 is 0 Å². The Morgan fingerprint density at radius 2 is 2.06 bits per heavy atom. The summed E-state index contributed by atoms with van der Waals surface area (Å²) in [5, 5.41) is 12.3. The molecule has 3 heterocycles. The van der Waals surface area contributed by atoms with Crippen LogP contribution < -0.4 is 10.6 Å². The number of rotatable bonds is 6. The van der Waals surface area contributed by atoms with Crippen molar-refractivity contribution >= 4 is 56.8 Å². The van der Waals surface area contributed by atoms with Crippen LogP contribution in [0.1, 0.15) is 24.1 Å². The van der Waals surface area contributed by atoms with Gasteiger partial charge in [0.1, 0.15) is 6.04 Å². The van der Waals surface area contributed by atoms with Crippen LogP contribution in [0.15, 0.2) is 94.0 Å². The Labute approximate surface area is 220 Å². The number of benzene rings is 2. The fraction of sp³-hybridized carbons (Fsp3) is 0.120. The van der Waals surface area contributed by atoms with Gasteiger partial charge in [-0.25, -0.2) is 4.68 Å². The maximum Gasteiger partial charge on any atom is 0.255 e. The van der Waals surface area contributed by atoms with Crippen molar-refractivity contribution in [2.45, 2.75) is 23.9 Å². The smallest absolute Gasteiger partial charge is 0.255 e. The second kappa shape index (κ2) is 10.2. The van der Waals surface area contributed by atoms with Crippen molar-refractivity contribution in [3.8, 4) is 0 Å². The quantitative estimate of drug-likeness (QED) is 0.266. The van der Waals surface area contributed by atoms with Gasteiger partial charge in [-0.05, 0) is 48.4 Å². The third-order valence-electron chi connectivity index (χ3n) is 5.48. The first-order chi connectivity index (χ1) is 17.0. The average Bonchev–Trinajstić information content (AvgIpc) is 3.25. The van der Waals surface area contributed by atoms with Crippen molar-refractivity contribution in [3.63, 3.8) is 0 Å². The molecule has 0 fully saturated rings. The standard InChI is InChI=1S/C25H20BrClN6OS/c1-15-21(23(34)30-19-9-5-11-28-13-19)22(16-7-4-8-18(26)12-16)33-24(29-15)31-25(32-33)35-14-17-6-2-3-10-20(17)27/h2-13,22H,14H2,1H3,(H,30,34)(H,29,31,32). The van der Waals surface area contributed by atoms with Crippen LogP contribution in [0.5, 0.6) is 0 Å². The van der Waals surface area contributed by atoms with E-state index < -0.39 is 6.04 Å². The topological polar surface area (TPSA) is 84.7 Å². The van der Waals surface area contributed by atoms with Crippen molar-refractivity contribution < 1.29 is 4.79 Å². The van der Waals surface area contributed by atoms with Crippen LogP contribution >= 0.6 is 39.3 Å². The third-order valence-corrected chi connectivity index (χ3v) is 7.22. The van der Waals surface area contributed by atoms with Gasteiger partial charge in [0.25, 0.3) is 5.91 Å². The molecule has 4 aromatic rings. The highest BCUT2D eigenvalue weighted by Crippen LogP contribution is 2.38. The lowest BCUT2D eigenvalue weighted by Gasteiger charge is -2.28. The van der Waals surface area contributed by atoms with Crippen molar-refractivity contribution in [2.24, 2.45) is 0 Å². The molecule has 1 atom stereocenters. The molecule has 0 spiro atoms. The monoisotopic (exact) mass is 566 g/mol. The molecule has 2 N–H and O–H groups in total. The SMILES string of the molecule is CC1=C(C(=O)Nc2cccnc2)C(c2cccc(Br)c2)n2nc(SCc3ccccc3Cl)nc2N1. The lowest BCUT2D eigenvalue weighted by molar-refractivity contribution is -0.113. The molecule has 0 radical (unpaired) electrons. The summed E-state index contributed by atoms with van der Waals surface area (Å²) in [4.78, 5) is 22.3. The van der Waals surface area contributed by atoms with Crippen molar-refractivity contribution in [2.75, 3.05) is 10.6 Å². The van der Waals surface area contributed by atoms with Crippen LogP contribution in [0.25, 0.3) is 0 Å². The van der Waals surface area contributed by atoms with E-state index in [9.17, 15) is 4.79 Å². The molecule has 10 heteroatoms. The molecule has 7 nitrogen and oxygen atoms in total. The number of pyridine rings is 1. The molecule has 0 saturated carbocycles. The van der Waals surface area contributed by atoms with Crippen LogP contribution in [0, 0.1) is 0 Å². The molecule has 176 valence electrons. The molecular formula is C25H20BrClN6OS. The number of carbonyl (C=O) groups is 1. The zero-order valence-electron chi connectivity index (χ0n) is 18.6. The van der Waals surface area contributed by atoms with E-state index in [4.69, 9.17) is 21.7 Å². The number of thioether (sulfide) groups is 1. The van der Waals surface area contributed by atoms with E-state index in [0.717, 1.165) is 15.6 Å². The number of amides is 1. The summed E-state index contributed by atoms with van der Waals surface area (Å²) in [6, 6.07) is 18.7. The van der Waals surface area contributed by atoms with E-state index in [1.54, 1.807) is 29.2 Å². The van der Waals surface area contributed by atoms with E-state index in [-0.39, 0.29) is 5.91 Å². The number of hydrogen-bond donors (Lipinski definition) is 2. The second-order valence-corrected chi connectivity index (χ2v) is 10.1. The minimum Gasteiger partial charge on any atom is -0.328 e. The van der Waals surface area contributed by atoms with Crippen molar-refractivity contribution in [1.29, 1.82) is 0 Å². The first kappa shape index (κ1) is 23.6. The Hall–Kier alpha value is -3.14. The first-order valence-corrected chi connectivity index (χ1v) is 12.9. The number of halogens is 2. The van der Waals surface area contributed by atoms with Crippen LogP contribution in [0.3, 0.4) is 0 Å². The summed E-state index contributed by atoms with van der Waals surface area (Å²) in [7, 11) is 0. The number of nitrogens with zero attached hydrogens (tertiary/aromatic N) is 4. The lowest BCUT2D eigenvalue weighted by atomic mass is 9.95. The lowest BCUT2D eigenvalue weighted by Crippen LogP contribution is -2.31. The third kappa shape index (κ3) is 5.12. The zero-order valence-corrected chi connectivity index (χ0v) is 21.7. The van der Waals surface area contributed by atoms with Crippen LogP contribution in [0.2, 0.25) is 5.02 Å². The van der Waals surface area contributed by atoms with Crippen molar-refractivity contribution in [1.82, 2.24) is 19.7 Å². The first-order valence-electron chi connectivity index (χ1n) is 10.8. The fourth-order valence-electron chi connectivity index (χ4n) is 3.86. The summed E-state index contributed by atoms with van der Waals surface area (Å²) in [5.41, 5.74) is 3.79. The van der Waals surface area contributed by atoms with Gasteiger partial charge >= 0.3 is 0 Å². The Bertz CT molecular complexity index is 1420. The number of aromatic nitrogens is 4. The summed E-state index contributed by atoms with van der Waals surface area (Å²) in [6.07, 6.45) is 3.28. The molecule has 1 amide bonds. The Balaban J connectivity index is 1.50. The number of anilines is 2. The highest BCUT2D eigenvalue weighted by Gasteiger charge is 2.34. The molecule has 0 aliphatic carbocycles. The summed E-state index contributed by atoms with van der Waals surface area (Å²) < 4.78 is 2.68. The van der Waals surface area contributed by atoms with Crippen LogP contribution in [-0.4, -0.2) is 25.7 Å². The van der Waals surface area contributed by atoms with Gasteiger partial charge in [-0.15, -0.1) is 5.10 Å². The normalized spacial score (nSPS) is 14.9. The maximum absolute atomic E-state index is 13.5. The molecule has 2 aromatic carbocycles. The molecule has 2 aromatic heterocycles. The van der Waals surface area contributed by atoms with Gasteiger partial charge in [0.15, 0.2) is 0 Å². The minimum absolute atomic E-state index is 0.237. The van der Waals surface area contributed by atoms with Gasteiger partial charge in [-0.2, -0.15) is 4.98 Å². The van der Waals surface area contributed by atoms with Gasteiger partial charge in [0, 0.05) is 27.1 Å². The number of hydrogen-bond acceptors (Lipinski definition) is 6. The zero-order chi connectivity index (χ0) is 24.4. The Morgan fingerprint density at radius 1 is 1.20 bits per heavy atom. The number of allylic oxidation sites excluding steroid dienone is 1. The van der Waals surface area contributed by atoms with Crippen LogP contribution in [-0.2, 0) is 10.5 Å². The Morgan fingerprint density at radius 3 is 2.83 bits per heavy atom. The molecule has 5 rings (SSSR count). The largest absolute Gasteiger partial charge is 0.328 e. The average molecular weight is 568 g/mol. The van der Waals surface area contributed by atoms with Gasteiger partial charge in [0.2, 0.25) is 11.1 Å². The van der Waals surface area contributed by atoms with Gasteiger partial charge in [-0.3, -0.25) is 9.78 Å². The summed E-state index contributed by atoms with van der Waals surface area (Å²) in [5.74, 6) is 0.970. The maximum atomic E-state index is 13.5. The number of nitrogens with one attached hydrogen (secondary N) is 2. The van der Waals surface area contributed by atoms with Gasteiger partial charge in [-0.1, -0.05) is 69.6 Å². The minimum atomic E-state index is -0.470. The fourth-order valence-corrected chi connectivity index (χ4v) is 5.40.